The molecule has 0 aliphatic rings. The number of hydrogen-bond acceptors (Lipinski definition) is 5. The fourth-order valence-corrected chi connectivity index (χ4v) is 2.47. The largest absolute Gasteiger partial charge is 0.292 e. The van der Waals surface area contributed by atoms with Gasteiger partial charge in [0.15, 0.2) is 17.5 Å². The molecule has 6 nitrogen and oxygen atoms in total. The number of para-hydroxylation sites is 1. The second kappa shape index (κ2) is 6.79. The highest BCUT2D eigenvalue weighted by Crippen LogP contribution is 2.26. The van der Waals surface area contributed by atoms with Crippen LogP contribution in [0.5, 0.6) is 0 Å². The molecule has 8 heteroatoms. The Morgan fingerprint density at radius 1 is 1.12 bits per heavy atom. The lowest BCUT2D eigenvalue weighted by molar-refractivity contribution is 0.0975. The Hall–Kier alpha value is -2.75. The van der Waals surface area contributed by atoms with E-state index in [4.69, 9.17) is 23.2 Å². The van der Waals surface area contributed by atoms with Gasteiger partial charge in [-0.25, -0.2) is 0 Å². The molecule has 0 saturated heterocycles. The molecule has 3 rings (SSSR count). The number of hydrogen-bond donors (Lipinski definition) is 0. The van der Waals surface area contributed by atoms with Crippen LogP contribution in [0.4, 0.5) is 0 Å². The first-order chi connectivity index (χ1) is 11.6. The van der Waals surface area contributed by atoms with Crippen LogP contribution in [-0.2, 0) is 0 Å². The molecule has 1 heterocycles. The highest BCUT2D eigenvalue weighted by molar-refractivity contribution is 6.42. The second-order valence-corrected chi connectivity index (χ2v) is 5.65. The lowest BCUT2D eigenvalue weighted by Crippen LogP contribution is -2.16. The fourth-order valence-electron chi connectivity index (χ4n) is 2.18. The second-order valence-electron chi connectivity index (χ2n) is 4.84. The first-order valence-electron chi connectivity index (χ1n) is 6.84. The van der Waals surface area contributed by atoms with Gasteiger partial charge in [0, 0.05) is 5.56 Å². The van der Waals surface area contributed by atoms with E-state index in [1.807, 2.05) is 24.3 Å². The summed E-state index contributed by atoms with van der Waals surface area (Å²) in [4.78, 5) is 12.7. The summed E-state index contributed by atoms with van der Waals surface area (Å²) in [5.74, 6) is -1.49. The lowest BCUT2D eigenvalue weighted by atomic mass is 9.98. The summed E-state index contributed by atoms with van der Waals surface area (Å²) in [7, 11) is 0. The molecule has 1 unspecified atom stereocenters. The Morgan fingerprint density at radius 3 is 2.54 bits per heavy atom. The van der Waals surface area contributed by atoms with E-state index in [2.05, 4.69) is 15.5 Å². The van der Waals surface area contributed by atoms with Gasteiger partial charge in [-0.1, -0.05) is 41.4 Å². The van der Waals surface area contributed by atoms with E-state index >= 15 is 0 Å². The minimum absolute atomic E-state index is 0.139. The van der Waals surface area contributed by atoms with Crippen LogP contribution in [0.25, 0.3) is 5.69 Å². The average molecular weight is 358 g/mol. The number of ketones is 1. The molecule has 0 aliphatic heterocycles. The third-order valence-corrected chi connectivity index (χ3v) is 4.09. The predicted molar refractivity (Wildman–Crippen MR) is 88.3 cm³/mol. The molecular weight excluding hydrogens is 349 g/mol. The maximum atomic E-state index is 12.7. The molecular formula is C16H9Cl2N5O. The van der Waals surface area contributed by atoms with Crippen molar-refractivity contribution in [2.24, 2.45) is 0 Å². The van der Waals surface area contributed by atoms with Crippen LogP contribution in [0.2, 0.25) is 10.0 Å². The molecule has 3 aromatic rings. The SMILES string of the molecule is N#CC(C(=O)c1ccc(Cl)c(Cl)c1)c1nnnn1-c1ccccc1. The van der Waals surface area contributed by atoms with Crippen molar-refractivity contribution in [2.75, 3.05) is 0 Å². The molecule has 24 heavy (non-hydrogen) atoms. The number of Topliss-reactive ketones (excluding diaryl/α,β-unsaturated/α-hetero) is 1. The smallest absolute Gasteiger partial charge is 0.187 e. The van der Waals surface area contributed by atoms with Crippen molar-refractivity contribution in [1.29, 1.82) is 5.26 Å². The topological polar surface area (TPSA) is 84.5 Å². The highest BCUT2D eigenvalue weighted by Gasteiger charge is 2.28. The number of nitriles is 1. The highest BCUT2D eigenvalue weighted by atomic mass is 35.5. The monoisotopic (exact) mass is 357 g/mol. The first kappa shape index (κ1) is 16.1. The number of tetrazole rings is 1. The van der Waals surface area contributed by atoms with Crippen molar-refractivity contribution >= 4 is 29.0 Å². The van der Waals surface area contributed by atoms with Gasteiger partial charge in [0.05, 0.1) is 21.8 Å². The zero-order valence-electron chi connectivity index (χ0n) is 12.1. The minimum atomic E-state index is -1.17. The Labute approximate surface area is 147 Å². The molecule has 118 valence electrons. The Morgan fingerprint density at radius 2 is 1.88 bits per heavy atom. The van der Waals surface area contributed by atoms with Crippen molar-refractivity contribution in [3.63, 3.8) is 0 Å². The Bertz CT molecular complexity index is 933. The molecule has 0 amide bonds. The molecule has 2 aromatic carbocycles. The molecule has 0 aliphatic carbocycles. The van der Waals surface area contributed by atoms with Crippen LogP contribution in [0.15, 0.2) is 48.5 Å². The summed E-state index contributed by atoms with van der Waals surface area (Å²) in [5, 5.41) is 21.4. The summed E-state index contributed by atoms with van der Waals surface area (Å²) < 4.78 is 1.36. The Kier molecular flexibility index (Phi) is 4.56. The number of carbonyl (C=O) groups excluding carboxylic acids is 1. The maximum absolute atomic E-state index is 12.7. The fraction of sp³-hybridized carbons (Fsp3) is 0.0625. The maximum Gasteiger partial charge on any atom is 0.187 e. The molecule has 1 aromatic heterocycles. The van der Waals surface area contributed by atoms with Crippen molar-refractivity contribution < 1.29 is 4.79 Å². The number of rotatable bonds is 4. The zero-order chi connectivity index (χ0) is 17.1. The van der Waals surface area contributed by atoms with E-state index in [0.29, 0.717) is 10.7 Å². The van der Waals surface area contributed by atoms with Gasteiger partial charge in [-0.05, 0) is 40.8 Å². The van der Waals surface area contributed by atoms with Gasteiger partial charge in [0.1, 0.15) is 0 Å². The average Bonchev–Trinajstić information content (AvgIpc) is 3.08. The summed E-state index contributed by atoms with van der Waals surface area (Å²) in [6.45, 7) is 0. The van der Waals surface area contributed by atoms with Crippen molar-refractivity contribution in [1.82, 2.24) is 20.2 Å². The zero-order valence-corrected chi connectivity index (χ0v) is 13.6. The third kappa shape index (κ3) is 3.00. The van der Waals surface area contributed by atoms with Gasteiger partial charge in [-0.2, -0.15) is 9.94 Å². The number of benzene rings is 2. The predicted octanol–water partition coefficient (Wildman–Crippen LogP) is 3.46. The first-order valence-corrected chi connectivity index (χ1v) is 7.60. The summed E-state index contributed by atoms with van der Waals surface area (Å²) in [6, 6.07) is 15.4. The van der Waals surface area contributed by atoms with Crippen molar-refractivity contribution in [3.8, 4) is 11.8 Å². The van der Waals surface area contributed by atoms with E-state index in [9.17, 15) is 10.1 Å². The van der Waals surface area contributed by atoms with Gasteiger partial charge in [-0.3, -0.25) is 4.79 Å². The molecule has 0 bridgehead atoms. The van der Waals surface area contributed by atoms with Gasteiger partial charge in [-0.15, -0.1) is 5.10 Å². The van der Waals surface area contributed by atoms with Crippen LogP contribution in [-0.4, -0.2) is 26.0 Å². The summed E-state index contributed by atoms with van der Waals surface area (Å²) in [6.07, 6.45) is 0. The van der Waals surface area contributed by atoms with Gasteiger partial charge in [0.2, 0.25) is 0 Å². The molecule has 0 radical (unpaired) electrons. The van der Waals surface area contributed by atoms with Gasteiger partial charge >= 0.3 is 0 Å². The van der Waals surface area contributed by atoms with Gasteiger partial charge < -0.3 is 0 Å². The van der Waals surface area contributed by atoms with E-state index in [-0.39, 0.29) is 16.4 Å². The minimum Gasteiger partial charge on any atom is -0.292 e. The Balaban J connectivity index is 2.01. The van der Waals surface area contributed by atoms with Crippen LogP contribution in [0.3, 0.4) is 0 Å². The van der Waals surface area contributed by atoms with Gasteiger partial charge in [0.25, 0.3) is 0 Å². The molecule has 1 atom stereocenters. The van der Waals surface area contributed by atoms with E-state index in [0.717, 1.165) is 0 Å². The van der Waals surface area contributed by atoms with E-state index in [1.165, 1.54) is 22.9 Å². The lowest BCUT2D eigenvalue weighted by Gasteiger charge is -2.09. The van der Waals surface area contributed by atoms with Crippen molar-refractivity contribution in [3.05, 3.63) is 70.0 Å². The molecule has 0 N–H and O–H groups in total. The number of carbonyl (C=O) groups is 1. The number of halogens is 2. The molecule has 0 saturated carbocycles. The number of aromatic nitrogens is 4. The summed E-state index contributed by atoms with van der Waals surface area (Å²) >= 11 is 11.8. The third-order valence-electron chi connectivity index (χ3n) is 3.35. The van der Waals surface area contributed by atoms with E-state index in [1.54, 1.807) is 12.1 Å². The summed E-state index contributed by atoms with van der Waals surface area (Å²) in [5.41, 5.74) is 0.915. The van der Waals surface area contributed by atoms with Crippen LogP contribution >= 0.6 is 23.2 Å². The quantitative estimate of drug-likeness (QED) is 0.667. The number of nitrogens with zero attached hydrogens (tertiary/aromatic N) is 5. The van der Waals surface area contributed by atoms with Crippen molar-refractivity contribution in [2.45, 2.75) is 5.92 Å². The normalized spacial score (nSPS) is 11.7. The van der Waals surface area contributed by atoms with E-state index < -0.39 is 11.7 Å². The van der Waals surface area contributed by atoms with Crippen LogP contribution in [0.1, 0.15) is 22.1 Å². The molecule has 0 spiro atoms. The van der Waals surface area contributed by atoms with Crippen LogP contribution < -0.4 is 0 Å². The molecule has 0 fully saturated rings. The van der Waals surface area contributed by atoms with Crippen LogP contribution in [0, 0.1) is 11.3 Å². The standard InChI is InChI=1S/C16H9Cl2N5O/c17-13-7-6-10(8-14(13)18)15(24)12(9-19)16-20-21-22-23(16)11-4-2-1-3-5-11/h1-8,12H.